The van der Waals surface area contributed by atoms with E-state index in [1.807, 2.05) is 41.5 Å². The Bertz CT molecular complexity index is 1180. The number of aryl methyl sites for hydroxylation is 2. The molecule has 1 atom stereocenters. The molecule has 0 amide bonds. The molecule has 0 fully saturated rings. The molecule has 0 saturated heterocycles. The Morgan fingerprint density at radius 3 is 2.07 bits per heavy atom. The highest BCUT2D eigenvalue weighted by molar-refractivity contribution is 7.41. The molecule has 0 radical (unpaired) electrons. The fourth-order valence-electron chi connectivity index (χ4n) is 4.17. The Balaban J connectivity index is 1.67. The first-order valence-corrected chi connectivity index (χ1v) is 15.1. The van der Waals surface area contributed by atoms with Crippen molar-refractivity contribution in [3.8, 4) is 5.75 Å². The fraction of sp³-hybridized carbons (Fsp3) is 0.581. The first-order chi connectivity index (χ1) is 19.4. The second-order valence-electron chi connectivity index (χ2n) is 12.5. The van der Waals surface area contributed by atoms with Gasteiger partial charge in [0, 0.05) is 6.92 Å². The number of hydrogen-bond acceptors (Lipinski definition) is 6. The van der Waals surface area contributed by atoms with Gasteiger partial charge >= 0.3 is 14.8 Å². The Labute approximate surface area is 247 Å². The molecule has 11 heteroatoms. The summed E-state index contributed by atoms with van der Waals surface area (Å²) in [4.78, 5) is 4.67. The minimum Gasteiger partial charge on any atom is -0.493 e. The number of nitrogens with zero attached hydrogens (tertiary/aromatic N) is 1. The Morgan fingerprint density at radius 2 is 1.52 bits per heavy atom. The van der Waals surface area contributed by atoms with Gasteiger partial charge in [-0.1, -0.05) is 18.2 Å². The third-order valence-corrected chi connectivity index (χ3v) is 7.82. The van der Waals surface area contributed by atoms with Crippen LogP contribution in [0, 0.1) is 5.82 Å². The van der Waals surface area contributed by atoms with Crippen LogP contribution in [0.5, 0.6) is 5.75 Å². The van der Waals surface area contributed by atoms with Gasteiger partial charge in [0.2, 0.25) is 0 Å². The number of benzene rings is 2. The fourth-order valence-corrected chi connectivity index (χ4v) is 5.55. The molecule has 1 unspecified atom stereocenters. The van der Waals surface area contributed by atoms with Crippen molar-refractivity contribution in [3.05, 3.63) is 65.0 Å². The van der Waals surface area contributed by atoms with Gasteiger partial charge in [0.15, 0.2) is 5.90 Å². The third kappa shape index (κ3) is 11.4. The van der Waals surface area contributed by atoms with Crippen LogP contribution in [0.3, 0.4) is 0 Å². The summed E-state index contributed by atoms with van der Waals surface area (Å²) >= 11 is 0. The van der Waals surface area contributed by atoms with E-state index in [1.54, 1.807) is 25.1 Å². The molecule has 0 bridgehead atoms. The van der Waals surface area contributed by atoms with E-state index < -0.39 is 37.1 Å². The largest absolute Gasteiger partial charge is 0.493 e. The van der Waals surface area contributed by atoms with Gasteiger partial charge in [0.25, 0.3) is 0 Å². The van der Waals surface area contributed by atoms with Crippen LogP contribution in [-0.2, 0) is 37.3 Å². The summed E-state index contributed by atoms with van der Waals surface area (Å²) in [7, 11) is -1.72. The Hall–Kier alpha value is -2.26. The van der Waals surface area contributed by atoms with Crippen molar-refractivity contribution in [2.45, 2.75) is 97.1 Å². The van der Waals surface area contributed by atoms with Crippen molar-refractivity contribution < 1.29 is 40.6 Å². The van der Waals surface area contributed by atoms with E-state index >= 15 is 0 Å². The summed E-state index contributed by atoms with van der Waals surface area (Å²) in [5.74, 6) is -0.0533. The standard InChI is InChI=1S/C31H42F4NO5P/c1-22-36-30(20-38-22,21-39-42(40-28(2,3)4)41-29(5,6)7)17-16-24-12-15-27(26(19-24)31(33,34)35)37-18-8-9-23-10-13-25(32)14-11-23/h10-15,19H,8-9,16-18,20-21H2,1-7H3. The summed E-state index contributed by atoms with van der Waals surface area (Å²) in [6.07, 6.45) is -2.82. The maximum atomic E-state index is 14.0. The molecule has 2 aromatic rings. The van der Waals surface area contributed by atoms with E-state index in [9.17, 15) is 17.6 Å². The van der Waals surface area contributed by atoms with Gasteiger partial charge in [-0.05, 0) is 103 Å². The van der Waals surface area contributed by atoms with Gasteiger partial charge in [0.05, 0.1) is 30.0 Å². The van der Waals surface area contributed by atoms with Crippen LogP contribution in [-0.4, -0.2) is 42.5 Å². The molecule has 0 aliphatic carbocycles. The van der Waals surface area contributed by atoms with Crippen molar-refractivity contribution >= 4 is 14.5 Å². The van der Waals surface area contributed by atoms with Crippen LogP contribution in [0.2, 0.25) is 0 Å². The number of aliphatic imine (C=N–C) groups is 1. The van der Waals surface area contributed by atoms with Gasteiger partial charge in [0.1, 0.15) is 23.7 Å². The average molecular weight is 616 g/mol. The average Bonchev–Trinajstić information content (AvgIpc) is 3.24. The molecule has 0 N–H and O–H groups in total. The SMILES string of the molecule is CC1=NC(CCc2ccc(OCCCc3ccc(F)cc3)c(C(F)(F)F)c2)(COP(OC(C)(C)C)OC(C)(C)C)CO1. The van der Waals surface area contributed by atoms with Crippen LogP contribution in [0.1, 0.15) is 78.0 Å². The Kier molecular flexibility index (Phi) is 11.4. The molecule has 2 aromatic carbocycles. The molecule has 1 aliphatic rings. The van der Waals surface area contributed by atoms with Crippen LogP contribution in [0.25, 0.3) is 0 Å². The van der Waals surface area contributed by atoms with Crippen LogP contribution >= 0.6 is 8.60 Å². The lowest BCUT2D eigenvalue weighted by Crippen LogP contribution is -2.35. The van der Waals surface area contributed by atoms with Crippen LogP contribution in [0.15, 0.2) is 47.5 Å². The zero-order chi connectivity index (χ0) is 31.2. The zero-order valence-electron chi connectivity index (χ0n) is 25.4. The van der Waals surface area contributed by atoms with Gasteiger partial charge in [-0.3, -0.25) is 0 Å². The quantitative estimate of drug-likeness (QED) is 0.128. The lowest BCUT2D eigenvalue weighted by atomic mass is 9.93. The summed E-state index contributed by atoms with van der Waals surface area (Å²) in [5, 5.41) is 0. The minimum absolute atomic E-state index is 0.0990. The molecule has 0 saturated carbocycles. The van der Waals surface area contributed by atoms with Crippen LogP contribution in [0.4, 0.5) is 17.6 Å². The molecular weight excluding hydrogens is 573 g/mol. The molecule has 6 nitrogen and oxygen atoms in total. The number of halogens is 4. The molecular formula is C31H42F4NO5P. The number of ether oxygens (including phenoxy) is 2. The van der Waals surface area contributed by atoms with Crippen molar-refractivity contribution in [3.63, 3.8) is 0 Å². The monoisotopic (exact) mass is 615 g/mol. The highest BCUT2D eigenvalue weighted by Gasteiger charge is 2.39. The molecule has 0 spiro atoms. The van der Waals surface area contributed by atoms with Crippen molar-refractivity contribution in [2.75, 3.05) is 19.8 Å². The highest BCUT2D eigenvalue weighted by Crippen LogP contribution is 2.48. The second-order valence-corrected chi connectivity index (χ2v) is 13.5. The lowest BCUT2D eigenvalue weighted by Gasteiger charge is -2.32. The molecule has 234 valence electrons. The Morgan fingerprint density at radius 1 is 0.905 bits per heavy atom. The lowest BCUT2D eigenvalue weighted by molar-refractivity contribution is -0.139. The van der Waals surface area contributed by atoms with Gasteiger partial charge in [-0.15, -0.1) is 0 Å². The molecule has 3 rings (SSSR count). The van der Waals surface area contributed by atoms with E-state index in [4.69, 9.17) is 23.0 Å². The second kappa shape index (κ2) is 14.0. The zero-order valence-corrected chi connectivity index (χ0v) is 26.3. The first kappa shape index (κ1) is 34.2. The summed E-state index contributed by atoms with van der Waals surface area (Å²) < 4.78 is 84.4. The predicted octanol–water partition coefficient (Wildman–Crippen LogP) is 8.85. The van der Waals surface area contributed by atoms with Gasteiger partial charge < -0.3 is 23.0 Å². The van der Waals surface area contributed by atoms with E-state index in [1.165, 1.54) is 18.2 Å². The number of hydrogen-bond donors (Lipinski definition) is 0. The number of rotatable bonds is 13. The first-order valence-electron chi connectivity index (χ1n) is 14.0. The van der Waals surface area contributed by atoms with E-state index in [0.29, 0.717) is 37.1 Å². The molecule has 1 heterocycles. The maximum Gasteiger partial charge on any atom is 0.419 e. The molecule has 1 aliphatic heterocycles. The number of alkyl halides is 3. The third-order valence-electron chi connectivity index (χ3n) is 6.09. The molecule has 42 heavy (non-hydrogen) atoms. The van der Waals surface area contributed by atoms with Crippen LogP contribution < -0.4 is 4.74 Å². The smallest absolute Gasteiger partial charge is 0.419 e. The maximum absolute atomic E-state index is 14.0. The van der Waals surface area contributed by atoms with Crippen molar-refractivity contribution in [1.29, 1.82) is 0 Å². The minimum atomic E-state index is -4.58. The molecule has 0 aromatic heterocycles. The summed E-state index contributed by atoms with van der Waals surface area (Å²) in [5.41, 5.74) is -1.24. The van der Waals surface area contributed by atoms with E-state index in [2.05, 4.69) is 4.99 Å². The highest BCUT2D eigenvalue weighted by atomic mass is 31.2. The normalized spacial score (nSPS) is 17.9. The van der Waals surface area contributed by atoms with Crippen molar-refractivity contribution in [1.82, 2.24) is 0 Å². The topological polar surface area (TPSA) is 58.5 Å². The van der Waals surface area contributed by atoms with E-state index in [0.717, 1.165) is 11.6 Å². The summed E-state index contributed by atoms with van der Waals surface area (Å²) in [6.45, 7) is 13.7. The van der Waals surface area contributed by atoms with Gasteiger partial charge in [-0.2, -0.15) is 13.2 Å². The summed E-state index contributed by atoms with van der Waals surface area (Å²) in [6, 6.07) is 10.2. The van der Waals surface area contributed by atoms with E-state index in [-0.39, 0.29) is 31.4 Å². The predicted molar refractivity (Wildman–Crippen MR) is 156 cm³/mol. The van der Waals surface area contributed by atoms with Gasteiger partial charge in [-0.25, -0.2) is 9.38 Å². The van der Waals surface area contributed by atoms with Crippen molar-refractivity contribution in [2.24, 2.45) is 4.99 Å².